The molecule has 0 atom stereocenters. The minimum atomic E-state index is -4.90. The monoisotopic (exact) mass is 271 g/mol. The molecule has 1 N–H and O–H groups in total. The molecule has 0 unspecified atom stereocenters. The standard InChI is InChI=1S/C8H3F6N3O/c9-7(10,11)3-2-6(18)17-5(15-3)1-4(16-17)8(12,13)14/h1-2,16H. The number of fused-ring (bicyclic) bond motifs is 1. The maximum absolute atomic E-state index is 12.3. The zero-order valence-corrected chi connectivity index (χ0v) is 8.23. The molecule has 0 radical (unpaired) electrons. The second kappa shape index (κ2) is 3.50. The van der Waals surface area contributed by atoms with Crippen molar-refractivity contribution < 1.29 is 26.3 Å². The number of halogens is 6. The van der Waals surface area contributed by atoms with Crippen molar-refractivity contribution in [3.63, 3.8) is 0 Å². The van der Waals surface area contributed by atoms with Crippen molar-refractivity contribution >= 4 is 5.65 Å². The molecule has 0 fully saturated rings. The van der Waals surface area contributed by atoms with Crippen LogP contribution in [0.5, 0.6) is 0 Å². The second-order valence-corrected chi connectivity index (χ2v) is 3.34. The van der Waals surface area contributed by atoms with Crippen LogP contribution in [0.25, 0.3) is 5.65 Å². The number of nitrogens with zero attached hydrogens (tertiary/aromatic N) is 2. The Bertz CT molecular complexity index is 649. The Morgan fingerprint density at radius 3 is 2.17 bits per heavy atom. The number of aromatic amines is 1. The van der Waals surface area contributed by atoms with E-state index in [1.807, 2.05) is 0 Å². The first-order valence-electron chi connectivity index (χ1n) is 4.36. The Morgan fingerprint density at radius 1 is 1.06 bits per heavy atom. The summed E-state index contributed by atoms with van der Waals surface area (Å²) in [7, 11) is 0. The third-order valence-electron chi connectivity index (χ3n) is 2.05. The summed E-state index contributed by atoms with van der Waals surface area (Å²) in [5.41, 5.74) is -4.92. The Hall–Kier alpha value is -2.00. The second-order valence-electron chi connectivity index (χ2n) is 3.34. The molecule has 2 aromatic heterocycles. The summed E-state index contributed by atoms with van der Waals surface area (Å²) in [5.74, 6) is 0. The average molecular weight is 271 g/mol. The lowest BCUT2D eigenvalue weighted by Crippen LogP contribution is -2.20. The van der Waals surface area contributed by atoms with Gasteiger partial charge in [0.1, 0.15) is 5.69 Å². The molecule has 4 nitrogen and oxygen atoms in total. The van der Waals surface area contributed by atoms with E-state index >= 15 is 0 Å². The molecule has 0 spiro atoms. The van der Waals surface area contributed by atoms with E-state index in [0.29, 0.717) is 6.07 Å². The van der Waals surface area contributed by atoms with Crippen LogP contribution in [0.4, 0.5) is 26.3 Å². The SMILES string of the molecule is O=c1cc(C(F)(F)F)nc2cc(C(F)(F)F)[nH]n12. The Labute approximate surface area is 93.8 Å². The van der Waals surface area contributed by atoms with Gasteiger partial charge in [0.15, 0.2) is 11.3 Å². The first-order chi connectivity index (χ1) is 8.09. The lowest BCUT2D eigenvalue weighted by molar-refractivity contribution is -0.142. The zero-order chi connectivity index (χ0) is 13.7. The van der Waals surface area contributed by atoms with Crippen LogP contribution in [-0.4, -0.2) is 14.6 Å². The third-order valence-corrected chi connectivity index (χ3v) is 2.05. The molecule has 0 aliphatic rings. The number of nitrogens with one attached hydrogen (secondary N) is 1. The maximum atomic E-state index is 12.3. The number of alkyl halides is 6. The highest BCUT2D eigenvalue weighted by atomic mass is 19.4. The van der Waals surface area contributed by atoms with Crippen molar-refractivity contribution in [1.82, 2.24) is 14.6 Å². The highest BCUT2D eigenvalue weighted by Gasteiger charge is 2.36. The zero-order valence-electron chi connectivity index (χ0n) is 8.23. The van der Waals surface area contributed by atoms with Gasteiger partial charge in [0, 0.05) is 12.1 Å². The van der Waals surface area contributed by atoms with Crippen LogP contribution in [0.2, 0.25) is 0 Å². The molecule has 0 aromatic carbocycles. The van der Waals surface area contributed by atoms with Gasteiger partial charge in [-0.25, -0.2) is 9.50 Å². The number of H-pyrrole nitrogens is 1. The molecule has 2 heterocycles. The van der Waals surface area contributed by atoms with Crippen molar-refractivity contribution in [2.24, 2.45) is 0 Å². The Kier molecular flexibility index (Phi) is 2.42. The molecule has 0 amide bonds. The fourth-order valence-corrected chi connectivity index (χ4v) is 1.28. The van der Waals surface area contributed by atoms with E-state index < -0.39 is 34.9 Å². The fraction of sp³-hybridized carbons (Fsp3) is 0.250. The van der Waals surface area contributed by atoms with Gasteiger partial charge in [-0.3, -0.25) is 9.89 Å². The quantitative estimate of drug-likeness (QED) is 0.745. The van der Waals surface area contributed by atoms with Gasteiger partial charge in [-0.15, -0.1) is 0 Å². The lowest BCUT2D eigenvalue weighted by Gasteiger charge is -2.04. The number of hydrogen-bond acceptors (Lipinski definition) is 2. The van der Waals surface area contributed by atoms with Crippen molar-refractivity contribution in [1.29, 1.82) is 0 Å². The highest BCUT2D eigenvalue weighted by Crippen LogP contribution is 2.30. The first kappa shape index (κ1) is 12.5. The molecule has 10 heteroatoms. The molecule has 18 heavy (non-hydrogen) atoms. The van der Waals surface area contributed by atoms with Crippen LogP contribution >= 0.6 is 0 Å². The maximum Gasteiger partial charge on any atom is 0.433 e. The van der Waals surface area contributed by atoms with E-state index in [1.54, 1.807) is 5.10 Å². The predicted octanol–water partition coefficient (Wildman–Crippen LogP) is 2.06. The van der Waals surface area contributed by atoms with Crippen molar-refractivity contribution in [3.05, 3.63) is 33.9 Å². The molecule has 2 aromatic rings. The minimum Gasteiger partial charge on any atom is -0.285 e. The number of hydrogen-bond donors (Lipinski definition) is 1. The normalized spacial score (nSPS) is 13.2. The summed E-state index contributed by atoms with van der Waals surface area (Å²) in [5, 5.41) is 1.63. The molecule has 98 valence electrons. The average Bonchev–Trinajstić information content (AvgIpc) is 2.59. The summed E-state index contributed by atoms with van der Waals surface area (Å²) in [6.07, 6.45) is -9.71. The molecular formula is C8H3F6N3O. The van der Waals surface area contributed by atoms with Gasteiger partial charge in [-0.2, -0.15) is 26.3 Å². The minimum absolute atomic E-state index is 0.115. The summed E-state index contributed by atoms with van der Waals surface area (Å²) >= 11 is 0. The summed E-state index contributed by atoms with van der Waals surface area (Å²) in [6.45, 7) is 0. The molecule has 0 saturated heterocycles. The number of aromatic nitrogens is 3. The molecular weight excluding hydrogens is 268 g/mol. The van der Waals surface area contributed by atoms with Gasteiger partial charge < -0.3 is 0 Å². The molecule has 0 saturated carbocycles. The van der Waals surface area contributed by atoms with Crippen LogP contribution < -0.4 is 5.56 Å². The van der Waals surface area contributed by atoms with Crippen LogP contribution in [-0.2, 0) is 12.4 Å². The van der Waals surface area contributed by atoms with Gasteiger partial charge in [0.2, 0.25) is 0 Å². The van der Waals surface area contributed by atoms with E-state index in [-0.39, 0.29) is 10.6 Å². The molecule has 0 aliphatic heterocycles. The molecule has 0 aliphatic carbocycles. The van der Waals surface area contributed by atoms with Crippen LogP contribution in [0, 0.1) is 0 Å². The van der Waals surface area contributed by atoms with E-state index in [1.165, 1.54) is 0 Å². The van der Waals surface area contributed by atoms with E-state index in [9.17, 15) is 31.1 Å². The highest BCUT2D eigenvalue weighted by molar-refractivity contribution is 5.40. The van der Waals surface area contributed by atoms with Crippen LogP contribution in [0.1, 0.15) is 11.4 Å². The topological polar surface area (TPSA) is 50.2 Å². The van der Waals surface area contributed by atoms with Gasteiger partial charge in [0.05, 0.1) is 0 Å². The van der Waals surface area contributed by atoms with Crippen LogP contribution in [0.15, 0.2) is 16.9 Å². The summed E-state index contributed by atoms with van der Waals surface area (Å²) in [6, 6.07) is 0.445. The van der Waals surface area contributed by atoms with Crippen LogP contribution in [0.3, 0.4) is 0 Å². The van der Waals surface area contributed by atoms with E-state index in [4.69, 9.17) is 0 Å². The van der Waals surface area contributed by atoms with Crippen molar-refractivity contribution in [3.8, 4) is 0 Å². The number of rotatable bonds is 0. The smallest absolute Gasteiger partial charge is 0.285 e. The first-order valence-corrected chi connectivity index (χ1v) is 4.36. The molecule has 2 rings (SSSR count). The van der Waals surface area contributed by atoms with Crippen molar-refractivity contribution in [2.45, 2.75) is 12.4 Å². The Morgan fingerprint density at radius 2 is 1.67 bits per heavy atom. The lowest BCUT2D eigenvalue weighted by atomic mass is 10.4. The summed E-state index contributed by atoms with van der Waals surface area (Å²) < 4.78 is 74.1. The largest absolute Gasteiger partial charge is 0.433 e. The van der Waals surface area contributed by atoms with Gasteiger partial charge in [-0.05, 0) is 0 Å². The van der Waals surface area contributed by atoms with E-state index in [2.05, 4.69) is 4.98 Å². The van der Waals surface area contributed by atoms with Gasteiger partial charge in [-0.1, -0.05) is 0 Å². The molecule has 0 bridgehead atoms. The Balaban J connectivity index is 2.71. The third kappa shape index (κ3) is 2.05. The fourth-order valence-electron chi connectivity index (χ4n) is 1.28. The summed E-state index contributed by atoms with van der Waals surface area (Å²) in [4.78, 5) is 14.2. The van der Waals surface area contributed by atoms with Crippen molar-refractivity contribution in [2.75, 3.05) is 0 Å². The van der Waals surface area contributed by atoms with Gasteiger partial charge in [0.25, 0.3) is 5.56 Å². The van der Waals surface area contributed by atoms with E-state index in [0.717, 1.165) is 0 Å². The predicted molar refractivity (Wildman–Crippen MR) is 45.8 cm³/mol. The van der Waals surface area contributed by atoms with Gasteiger partial charge >= 0.3 is 12.4 Å².